The minimum absolute atomic E-state index is 0.188. The fourth-order valence-corrected chi connectivity index (χ4v) is 2.31. The molecule has 0 spiro atoms. The second kappa shape index (κ2) is 6.15. The van der Waals surface area contributed by atoms with Gasteiger partial charge in [0.2, 0.25) is 0 Å². The third-order valence-electron chi connectivity index (χ3n) is 3.27. The number of hydrogen-bond donors (Lipinski definition) is 0. The molecule has 1 aliphatic carbocycles. The molecule has 2 rings (SSSR count). The number of benzene rings is 1. The number of ether oxygens (including phenoxy) is 3. The maximum absolute atomic E-state index is 5.90. The number of fused-ring (bicyclic) bond motifs is 1. The molecule has 1 aliphatic rings. The van der Waals surface area contributed by atoms with Crippen LogP contribution in [0.3, 0.4) is 0 Å². The second-order valence-corrected chi connectivity index (χ2v) is 4.31. The predicted octanol–water partition coefficient (Wildman–Crippen LogP) is 2.70. The summed E-state index contributed by atoms with van der Waals surface area (Å²) in [7, 11) is 3.26. The highest BCUT2D eigenvalue weighted by atomic mass is 16.7. The van der Waals surface area contributed by atoms with Crippen LogP contribution in [0.5, 0.6) is 0 Å². The highest BCUT2D eigenvalue weighted by molar-refractivity contribution is 5.31. The van der Waals surface area contributed by atoms with E-state index in [1.54, 1.807) is 14.2 Å². The van der Waals surface area contributed by atoms with Crippen molar-refractivity contribution in [3.63, 3.8) is 0 Å². The third-order valence-corrected chi connectivity index (χ3v) is 3.27. The number of aryl methyl sites for hydroxylation is 1. The van der Waals surface area contributed by atoms with Crippen molar-refractivity contribution in [3.05, 3.63) is 35.4 Å². The van der Waals surface area contributed by atoms with Gasteiger partial charge in [-0.15, -0.1) is 0 Å². The smallest absolute Gasteiger partial charge is 0.180 e. The molecule has 0 fully saturated rings. The molecular formula is C14H20O3. The topological polar surface area (TPSA) is 27.7 Å². The Bertz CT molecular complexity index is 347. The van der Waals surface area contributed by atoms with Crippen LogP contribution in [-0.4, -0.2) is 27.1 Å². The summed E-state index contributed by atoms with van der Waals surface area (Å²) in [6.45, 7) is 0.478. The van der Waals surface area contributed by atoms with Gasteiger partial charge >= 0.3 is 0 Å². The van der Waals surface area contributed by atoms with Crippen LogP contribution < -0.4 is 0 Å². The fourth-order valence-electron chi connectivity index (χ4n) is 2.31. The average Bonchev–Trinajstić information content (AvgIpc) is 2.40. The van der Waals surface area contributed by atoms with E-state index in [1.165, 1.54) is 17.5 Å². The number of rotatable bonds is 5. The normalized spacial score (nSPS) is 19.4. The second-order valence-electron chi connectivity index (χ2n) is 4.31. The van der Waals surface area contributed by atoms with Crippen molar-refractivity contribution in [1.82, 2.24) is 0 Å². The third kappa shape index (κ3) is 3.06. The lowest BCUT2D eigenvalue weighted by Crippen LogP contribution is -2.23. The van der Waals surface area contributed by atoms with Gasteiger partial charge in [-0.25, -0.2) is 0 Å². The van der Waals surface area contributed by atoms with Gasteiger partial charge in [0.1, 0.15) is 0 Å². The van der Waals surface area contributed by atoms with E-state index in [1.807, 2.05) is 0 Å². The SMILES string of the molecule is COC(COC1CCCc2ccccc21)OC. The van der Waals surface area contributed by atoms with E-state index >= 15 is 0 Å². The molecular weight excluding hydrogens is 216 g/mol. The van der Waals surface area contributed by atoms with Gasteiger partial charge in [0, 0.05) is 14.2 Å². The molecule has 0 aromatic heterocycles. The van der Waals surface area contributed by atoms with Crippen molar-refractivity contribution in [3.8, 4) is 0 Å². The molecule has 0 amide bonds. The predicted molar refractivity (Wildman–Crippen MR) is 65.9 cm³/mol. The van der Waals surface area contributed by atoms with E-state index in [2.05, 4.69) is 24.3 Å². The largest absolute Gasteiger partial charge is 0.368 e. The number of methoxy groups -OCH3 is 2. The van der Waals surface area contributed by atoms with Crippen molar-refractivity contribution in [2.45, 2.75) is 31.7 Å². The molecule has 0 radical (unpaired) electrons. The molecule has 0 aliphatic heterocycles. The monoisotopic (exact) mass is 236 g/mol. The minimum atomic E-state index is -0.274. The van der Waals surface area contributed by atoms with E-state index in [4.69, 9.17) is 14.2 Å². The van der Waals surface area contributed by atoms with Crippen molar-refractivity contribution >= 4 is 0 Å². The van der Waals surface area contributed by atoms with Crippen LogP contribution in [-0.2, 0) is 20.6 Å². The summed E-state index contributed by atoms with van der Waals surface area (Å²) in [4.78, 5) is 0. The van der Waals surface area contributed by atoms with Crippen LogP contribution in [0.2, 0.25) is 0 Å². The van der Waals surface area contributed by atoms with E-state index in [0.717, 1.165) is 12.8 Å². The fraction of sp³-hybridized carbons (Fsp3) is 0.571. The summed E-state index contributed by atoms with van der Waals surface area (Å²) in [5.74, 6) is 0. The summed E-state index contributed by atoms with van der Waals surface area (Å²) in [6.07, 6.45) is 3.34. The van der Waals surface area contributed by atoms with Gasteiger partial charge in [-0.3, -0.25) is 0 Å². The van der Waals surface area contributed by atoms with Crippen molar-refractivity contribution < 1.29 is 14.2 Å². The summed E-state index contributed by atoms with van der Waals surface area (Å²) in [5, 5.41) is 0. The molecule has 94 valence electrons. The van der Waals surface area contributed by atoms with Gasteiger partial charge < -0.3 is 14.2 Å². The van der Waals surface area contributed by atoms with Crippen LogP contribution in [0.1, 0.15) is 30.1 Å². The van der Waals surface area contributed by atoms with Crippen molar-refractivity contribution in [1.29, 1.82) is 0 Å². The molecule has 17 heavy (non-hydrogen) atoms. The van der Waals surface area contributed by atoms with E-state index in [9.17, 15) is 0 Å². The zero-order valence-corrected chi connectivity index (χ0v) is 10.5. The quantitative estimate of drug-likeness (QED) is 0.736. The van der Waals surface area contributed by atoms with Crippen LogP contribution in [0.4, 0.5) is 0 Å². The molecule has 0 saturated heterocycles. The molecule has 1 atom stereocenters. The zero-order chi connectivity index (χ0) is 12.1. The Balaban J connectivity index is 1.99. The Morgan fingerprint density at radius 2 is 2.00 bits per heavy atom. The molecule has 3 nitrogen and oxygen atoms in total. The molecule has 0 heterocycles. The lowest BCUT2D eigenvalue weighted by atomic mass is 9.89. The lowest BCUT2D eigenvalue weighted by Gasteiger charge is -2.26. The summed E-state index contributed by atoms with van der Waals surface area (Å²) in [5.41, 5.74) is 2.74. The standard InChI is InChI=1S/C14H20O3/c1-15-14(16-2)10-17-13-9-5-7-11-6-3-4-8-12(11)13/h3-4,6,8,13-14H,5,7,9-10H2,1-2H3. The van der Waals surface area contributed by atoms with Crippen LogP contribution in [0.15, 0.2) is 24.3 Å². The minimum Gasteiger partial charge on any atom is -0.368 e. The lowest BCUT2D eigenvalue weighted by molar-refractivity contribution is -0.153. The van der Waals surface area contributed by atoms with Gasteiger partial charge in [0.15, 0.2) is 6.29 Å². The zero-order valence-electron chi connectivity index (χ0n) is 10.5. The van der Waals surface area contributed by atoms with E-state index in [0.29, 0.717) is 6.61 Å². The van der Waals surface area contributed by atoms with Gasteiger partial charge in [-0.1, -0.05) is 24.3 Å². The maximum atomic E-state index is 5.90. The first kappa shape index (κ1) is 12.6. The molecule has 1 unspecified atom stereocenters. The molecule has 0 N–H and O–H groups in total. The Kier molecular flexibility index (Phi) is 4.54. The first-order valence-corrected chi connectivity index (χ1v) is 6.10. The van der Waals surface area contributed by atoms with Crippen molar-refractivity contribution in [2.75, 3.05) is 20.8 Å². The van der Waals surface area contributed by atoms with Crippen molar-refractivity contribution in [2.24, 2.45) is 0 Å². The van der Waals surface area contributed by atoms with Gasteiger partial charge in [0.05, 0.1) is 12.7 Å². The molecule has 0 bridgehead atoms. The van der Waals surface area contributed by atoms with Crippen LogP contribution in [0, 0.1) is 0 Å². The first-order chi connectivity index (χ1) is 8.35. The molecule has 1 aromatic carbocycles. The van der Waals surface area contributed by atoms with Gasteiger partial charge in [-0.05, 0) is 30.4 Å². The highest BCUT2D eigenvalue weighted by Crippen LogP contribution is 2.32. The highest BCUT2D eigenvalue weighted by Gasteiger charge is 2.21. The van der Waals surface area contributed by atoms with Crippen LogP contribution >= 0.6 is 0 Å². The van der Waals surface area contributed by atoms with Gasteiger partial charge in [-0.2, -0.15) is 0 Å². The average molecular weight is 236 g/mol. The maximum Gasteiger partial charge on any atom is 0.180 e. The van der Waals surface area contributed by atoms with E-state index < -0.39 is 0 Å². The summed E-state index contributed by atoms with van der Waals surface area (Å²) >= 11 is 0. The summed E-state index contributed by atoms with van der Waals surface area (Å²) < 4.78 is 16.2. The van der Waals surface area contributed by atoms with Gasteiger partial charge in [0.25, 0.3) is 0 Å². The molecule has 0 saturated carbocycles. The Hall–Kier alpha value is -0.900. The Morgan fingerprint density at radius 3 is 2.76 bits per heavy atom. The Morgan fingerprint density at radius 1 is 1.24 bits per heavy atom. The molecule has 1 aromatic rings. The van der Waals surface area contributed by atoms with Crippen LogP contribution in [0.25, 0.3) is 0 Å². The van der Waals surface area contributed by atoms with E-state index in [-0.39, 0.29) is 12.4 Å². The number of hydrogen-bond acceptors (Lipinski definition) is 3. The summed E-state index contributed by atoms with van der Waals surface area (Å²) in [6, 6.07) is 8.52. The molecule has 3 heteroatoms. The Labute approximate surface area is 103 Å². The first-order valence-electron chi connectivity index (χ1n) is 6.10.